The lowest BCUT2D eigenvalue weighted by Gasteiger charge is -2.17. The molecule has 1 heterocycles. The molecule has 0 unspecified atom stereocenters. The molecule has 0 spiro atoms. The lowest BCUT2D eigenvalue weighted by atomic mass is 10.2. The Morgan fingerprint density at radius 2 is 1.65 bits per heavy atom. The molecule has 0 radical (unpaired) electrons. The summed E-state index contributed by atoms with van der Waals surface area (Å²) < 4.78 is 11.0. The number of halogens is 1. The summed E-state index contributed by atoms with van der Waals surface area (Å²) in [5, 5.41) is 17.0. The van der Waals surface area contributed by atoms with E-state index in [1.807, 2.05) is 0 Å². The predicted octanol–water partition coefficient (Wildman–Crippen LogP) is 2.92. The maximum atomic E-state index is 12.4. The number of benzene rings is 2. The fraction of sp³-hybridized carbons (Fsp3) is 0.300. The van der Waals surface area contributed by atoms with Gasteiger partial charge in [-0.05, 0) is 19.2 Å². The number of hydrogen-bond acceptors (Lipinski definition) is 7. The van der Waals surface area contributed by atoms with E-state index in [0.717, 1.165) is 0 Å². The Balaban J connectivity index is 1.62. The summed E-state index contributed by atoms with van der Waals surface area (Å²) in [6.07, 6.45) is 0.644. The van der Waals surface area contributed by atoms with Crippen LogP contribution in [0.3, 0.4) is 0 Å². The summed E-state index contributed by atoms with van der Waals surface area (Å²) in [5.74, 6) is -0.294. The van der Waals surface area contributed by atoms with Gasteiger partial charge >= 0.3 is 0 Å². The monoisotopic (exact) mass is 448 g/mol. The van der Waals surface area contributed by atoms with E-state index in [1.165, 1.54) is 17.0 Å². The molecule has 0 aromatic heterocycles. The molecule has 3 rings (SSSR count). The van der Waals surface area contributed by atoms with E-state index in [-0.39, 0.29) is 36.1 Å². The van der Waals surface area contributed by atoms with Crippen LogP contribution in [0.25, 0.3) is 0 Å². The van der Waals surface area contributed by atoms with Gasteiger partial charge in [0.15, 0.2) is 11.5 Å². The van der Waals surface area contributed by atoms with Crippen molar-refractivity contribution in [2.75, 3.05) is 44.0 Å². The van der Waals surface area contributed by atoms with Gasteiger partial charge in [-0.2, -0.15) is 0 Å². The lowest BCUT2D eigenvalue weighted by Crippen LogP contribution is -2.36. The van der Waals surface area contributed by atoms with Crippen molar-refractivity contribution in [3.8, 4) is 11.5 Å². The van der Waals surface area contributed by atoms with Crippen LogP contribution in [0, 0.1) is 10.1 Å². The number of carbonyl (C=O) groups excluding carboxylic acids is 2. The zero-order valence-corrected chi connectivity index (χ0v) is 17.5. The summed E-state index contributed by atoms with van der Waals surface area (Å²) in [7, 11) is 1.58. The first kappa shape index (κ1) is 22.3. The first-order valence-electron chi connectivity index (χ1n) is 9.44. The molecule has 1 aliphatic rings. The Morgan fingerprint density at radius 3 is 2.26 bits per heavy atom. The molecule has 1 aliphatic heterocycles. The molecule has 10 nitrogen and oxygen atoms in total. The number of nitrogens with zero attached hydrogens (tertiary/aromatic N) is 2. The molecule has 164 valence electrons. The summed E-state index contributed by atoms with van der Waals surface area (Å²) in [6.45, 7) is 0.543. The number of fused-ring (bicyclic) bond motifs is 1. The van der Waals surface area contributed by atoms with Crippen LogP contribution in [0.1, 0.15) is 6.42 Å². The minimum absolute atomic E-state index is 0.00633. The molecule has 2 N–H and O–H groups in total. The van der Waals surface area contributed by atoms with E-state index >= 15 is 0 Å². The molecule has 31 heavy (non-hydrogen) atoms. The van der Waals surface area contributed by atoms with Gasteiger partial charge in [0.1, 0.15) is 5.69 Å². The van der Waals surface area contributed by atoms with Crippen LogP contribution >= 0.6 is 11.6 Å². The molecule has 2 amide bonds. The standard InChI is InChI=1S/C20H21ClN4O6/c1-24(11-19(26)22-14-6-3-2-5-13(14)21)12-20(27)23-15-9-17-18(10-16(15)25(28)29)31-8-4-7-30-17/h2-3,5-6,9-10H,4,7-8,11-12H2,1H3,(H,22,26)(H,23,27). The average molecular weight is 449 g/mol. The zero-order valence-electron chi connectivity index (χ0n) is 16.7. The smallest absolute Gasteiger partial charge is 0.296 e. The first-order chi connectivity index (χ1) is 14.8. The number of nitro groups is 1. The van der Waals surface area contributed by atoms with Gasteiger partial charge in [0.05, 0.1) is 48.0 Å². The van der Waals surface area contributed by atoms with Gasteiger partial charge in [-0.3, -0.25) is 24.6 Å². The molecular weight excluding hydrogens is 428 g/mol. The van der Waals surface area contributed by atoms with Crippen LogP contribution in [0.5, 0.6) is 11.5 Å². The highest BCUT2D eigenvalue weighted by Crippen LogP contribution is 2.39. The molecule has 0 bridgehead atoms. The molecule has 0 saturated heterocycles. The zero-order chi connectivity index (χ0) is 22.4. The Labute approximate surface area is 183 Å². The number of rotatable bonds is 7. The highest BCUT2D eigenvalue weighted by molar-refractivity contribution is 6.33. The molecule has 2 aromatic rings. The highest BCUT2D eigenvalue weighted by Gasteiger charge is 2.23. The maximum absolute atomic E-state index is 12.4. The van der Waals surface area contributed by atoms with Gasteiger partial charge in [0.2, 0.25) is 11.8 Å². The van der Waals surface area contributed by atoms with E-state index in [1.54, 1.807) is 31.3 Å². The lowest BCUT2D eigenvalue weighted by molar-refractivity contribution is -0.384. The Bertz CT molecular complexity index is 1000. The molecule has 0 aliphatic carbocycles. The molecule has 0 fully saturated rings. The van der Waals surface area contributed by atoms with Gasteiger partial charge in [-0.1, -0.05) is 23.7 Å². The van der Waals surface area contributed by atoms with Crippen LogP contribution in [-0.2, 0) is 9.59 Å². The van der Waals surface area contributed by atoms with Gasteiger partial charge in [0, 0.05) is 12.5 Å². The fourth-order valence-electron chi connectivity index (χ4n) is 2.94. The molecule has 0 saturated carbocycles. The van der Waals surface area contributed by atoms with Gasteiger partial charge in [-0.25, -0.2) is 0 Å². The van der Waals surface area contributed by atoms with Crippen molar-refractivity contribution in [2.45, 2.75) is 6.42 Å². The first-order valence-corrected chi connectivity index (χ1v) is 9.82. The van der Waals surface area contributed by atoms with Gasteiger partial charge in [-0.15, -0.1) is 0 Å². The van der Waals surface area contributed by atoms with E-state index in [9.17, 15) is 19.7 Å². The normalized spacial score (nSPS) is 12.7. The average Bonchev–Trinajstić information content (AvgIpc) is 2.93. The van der Waals surface area contributed by atoms with Crippen LogP contribution in [0.4, 0.5) is 17.1 Å². The van der Waals surface area contributed by atoms with Crippen molar-refractivity contribution in [1.29, 1.82) is 0 Å². The van der Waals surface area contributed by atoms with E-state index < -0.39 is 10.8 Å². The van der Waals surface area contributed by atoms with E-state index in [4.69, 9.17) is 21.1 Å². The number of nitro benzene ring substituents is 1. The summed E-state index contributed by atoms with van der Waals surface area (Å²) in [5.41, 5.74) is 0.153. The second-order valence-corrected chi connectivity index (χ2v) is 7.28. The van der Waals surface area contributed by atoms with Gasteiger partial charge in [0.25, 0.3) is 5.69 Å². The SMILES string of the molecule is CN(CC(=O)Nc1ccccc1Cl)CC(=O)Nc1cc2c(cc1[N+](=O)[O-])OCCCO2. The second kappa shape index (κ2) is 10.1. The largest absolute Gasteiger partial charge is 0.489 e. The Hall–Kier alpha value is -3.37. The number of anilines is 2. The number of amides is 2. The van der Waals surface area contributed by atoms with Crippen molar-refractivity contribution in [3.63, 3.8) is 0 Å². The summed E-state index contributed by atoms with van der Waals surface area (Å²) in [4.78, 5) is 36.9. The molecule has 11 heteroatoms. The van der Waals surface area contributed by atoms with Crippen LogP contribution in [0.2, 0.25) is 5.02 Å². The third-order valence-electron chi connectivity index (χ3n) is 4.31. The maximum Gasteiger partial charge on any atom is 0.296 e. The number of carbonyl (C=O) groups is 2. The fourth-order valence-corrected chi connectivity index (χ4v) is 3.12. The highest BCUT2D eigenvalue weighted by atomic mass is 35.5. The van der Waals surface area contributed by atoms with Crippen molar-refractivity contribution >= 4 is 40.5 Å². The van der Waals surface area contributed by atoms with E-state index in [0.29, 0.717) is 36.1 Å². The third kappa shape index (κ3) is 6.06. The van der Waals surface area contributed by atoms with E-state index in [2.05, 4.69) is 10.6 Å². The van der Waals surface area contributed by atoms with Crippen molar-refractivity contribution in [3.05, 3.63) is 51.5 Å². The van der Waals surface area contributed by atoms with Crippen LogP contribution in [-0.4, -0.2) is 55.0 Å². The molecule has 0 atom stereocenters. The molecule has 2 aromatic carbocycles. The van der Waals surface area contributed by atoms with Crippen molar-refractivity contribution < 1.29 is 24.0 Å². The van der Waals surface area contributed by atoms with Gasteiger partial charge < -0.3 is 20.1 Å². The van der Waals surface area contributed by atoms with Crippen molar-refractivity contribution in [1.82, 2.24) is 4.90 Å². The van der Waals surface area contributed by atoms with Crippen LogP contribution in [0.15, 0.2) is 36.4 Å². The number of hydrogen-bond donors (Lipinski definition) is 2. The van der Waals surface area contributed by atoms with Crippen LogP contribution < -0.4 is 20.1 Å². The summed E-state index contributed by atoms with van der Waals surface area (Å²) >= 11 is 6.01. The van der Waals surface area contributed by atoms with Crippen molar-refractivity contribution in [2.24, 2.45) is 0 Å². The Morgan fingerprint density at radius 1 is 1.06 bits per heavy atom. The quantitative estimate of drug-likeness (QED) is 0.493. The Kier molecular flexibility index (Phi) is 7.27. The minimum atomic E-state index is -0.606. The second-order valence-electron chi connectivity index (χ2n) is 6.87. The number of nitrogens with one attached hydrogen (secondary N) is 2. The predicted molar refractivity (Wildman–Crippen MR) is 115 cm³/mol. The topological polar surface area (TPSA) is 123 Å². The number of ether oxygens (including phenoxy) is 2. The molecular formula is C20H21ClN4O6. The third-order valence-corrected chi connectivity index (χ3v) is 4.64. The number of para-hydroxylation sites is 1. The number of likely N-dealkylation sites (N-methyl/N-ethyl adjacent to an activating group) is 1. The minimum Gasteiger partial charge on any atom is -0.489 e. The summed E-state index contributed by atoms with van der Waals surface area (Å²) in [6, 6.07) is 9.40.